The topological polar surface area (TPSA) is 88.5 Å². The van der Waals surface area contributed by atoms with Gasteiger partial charge in [0.15, 0.2) is 11.5 Å². The Labute approximate surface area is 215 Å². The third-order valence-corrected chi connectivity index (χ3v) is 6.57. The average Bonchev–Trinajstić information content (AvgIpc) is 2.79. The summed E-state index contributed by atoms with van der Waals surface area (Å²) < 4.78 is 54.3. The maximum absolute atomic E-state index is 13.9. The van der Waals surface area contributed by atoms with Crippen LogP contribution in [0.25, 0.3) is 0 Å². The van der Waals surface area contributed by atoms with E-state index in [1.165, 1.54) is 17.0 Å². The molecule has 0 aromatic heterocycles. The minimum Gasteiger partial charge on any atom is -0.490 e. The molecule has 2 amide bonds. The lowest BCUT2D eigenvalue weighted by Gasteiger charge is -2.43. The first-order valence-corrected chi connectivity index (χ1v) is 12.7. The van der Waals surface area contributed by atoms with E-state index < -0.39 is 41.2 Å². The van der Waals surface area contributed by atoms with E-state index in [1.54, 1.807) is 32.6 Å². The van der Waals surface area contributed by atoms with Gasteiger partial charge >= 0.3 is 12.5 Å². The summed E-state index contributed by atoms with van der Waals surface area (Å²) in [5, 5.41) is 11.6. The zero-order valence-corrected chi connectivity index (χ0v) is 21.9. The van der Waals surface area contributed by atoms with Crippen LogP contribution in [0.4, 0.5) is 18.0 Å². The molecule has 1 heterocycles. The van der Waals surface area contributed by atoms with Crippen molar-refractivity contribution >= 4 is 12.0 Å². The van der Waals surface area contributed by atoms with Crippen molar-refractivity contribution in [2.75, 3.05) is 32.8 Å². The first-order chi connectivity index (χ1) is 17.2. The molecule has 0 spiro atoms. The standard InChI is InChI=1S/C26H37F3N2O6/c1-5-35-19-10-9-18(17-20(19)36-26(27,28)29)21(25(34)11-7-6-8-12-25)22(32)30-13-15-31(16-14-30)23(33)37-24(2,3)4/h9-10,17,21,34H,5-8,11-16H2,1-4H3. The highest BCUT2D eigenvalue weighted by Gasteiger charge is 2.46. The van der Waals surface area contributed by atoms with E-state index in [2.05, 4.69) is 4.74 Å². The number of aliphatic hydroxyl groups is 1. The van der Waals surface area contributed by atoms with Gasteiger partial charge in [0.05, 0.1) is 18.1 Å². The average molecular weight is 531 g/mol. The smallest absolute Gasteiger partial charge is 0.490 e. The van der Waals surface area contributed by atoms with Crippen molar-refractivity contribution in [2.45, 2.75) is 83.3 Å². The molecule has 1 atom stereocenters. The summed E-state index contributed by atoms with van der Waals surface area (Å²) >= 11 is 0. The molecule has 1 aromatic carbocycles. The van der Waals surface area contributed by atoms with Gasteiger partial charge < -0.3 is 29.1 Å². The molecule has 1 saturated heterocycles. The monoisotopic (exact) mass is 530 g/mol. The number of ether oxygens (including phenoxy) is 3. The van der Waals surface area contributed by atoms with Gasteiger partial charge in [-0.25, -0.2) is 4.79 Å². The zero-order chi connectivity index (χ0) is 27.4. The van der Waals surface area contributed by atoms with Gasteiger partial charge in [-0.3, -0.25) is 4.79 Å². The fraction of sp³-hybridized carbons (Fsp3) is 0.692. The van der Waals surface area contributed by atoms with Gasteiger partial charge in [0.2, 0.25) is 5.91 Å². The molecule has 1 aromatic rings. The zero-order valence-electron chi connectivity index (χ0n) is 21.9. The van der Waals surface area contributed by atoms with Crippen molar-refractivity contribution in [1.29, 1.82) is 0 Å². The maximum Gasteiger partial charge on any atom is 0.573 e. The van der Waals surface area contributed by atoms with Gasteiger partial charge in [-0.1, -0.05) is 25.3 Å². The number of alkyl halides is 3. The summed E-state index contributed by atoms with van der Waals surface area (Å²) in [7, 11) is 0. The quantitative estimate of drug-likeness (QED) is 0.566. The van der Waals surface area contributed by atoms with Crippen LogP contribution in [-0.2, 0) is 9.53 Å². The minimum absolute atomic E-state index is 0.101. The molecule has 208 valence electrons. The largest absolute Gasteiger partial charge is 0.573 e. The molecule has 3 rings (SSSR count). The Kier molecular flexibility index (Phi) is 8.87. The van der Waals surface area contributed by atoms with E-state index in [9.17, 15) is 27.9 Å². The van der Waals surface area contributed by atoms with E-state index in [0.717, 1.165) is 12.5 Å². The van der Waals surface area contributed by atoms with Crippen LogP contribution in [0.15, 0.2) is 18.2 Å². The first-order valence-electron chi connectivity index (χ1n) is 12.7. The first kappa shape index (κ1) is 28.9. The second-order valence-corrected chi connectivity index (χ2v) is 10.6. The molecule has 2 aliphatic rings. The van der Waals surface area contributed by atoms with Crippen LogP contribution in [0.1, 0.15) is 71.3 Å². The SMILES string of the molecule is CCOc1ccc(C(C(=O)N2CCN(C(=O)OC(C)(C)C)CC2)C2(O)CCCCC2)cc1OC(F)(F)F. The summed E-state index contributed by atoms with van der Waals surface area (Å²) in [5.74, 6) is -2.14. The van der Waals surface area contributed by atoms with Crippen molar-refractivity contribution in [3.63, 3.8) is 0 Å². The van der Waals surface area contributed by atoms with Gasteiger partial charge in [0.1, 0.15) is 5.60 Å². The summed E-state index contributed by atoms with van der Waals surface area (Å²) in [6.45, 7) is 8.01. The second-order valence-electron chi connectivity index (χ2n) is 10.6. The molecule has 8 nitrogen and oxygen atoms in total. The molecule has 0 radical (unpaired) electrons. The Hall–Kier alpha value is -2.69. The van der Waals surface area contributed by atoms with E-state index in [4.69, 9.17) is 9.47 Å². The number of carbonyl (C=O) groups excluding carboxylic acids is 2. The predicted octanol–water partition coefficient (Wildman–Crippen LogP) is 4.84. The van der Waals surface area contributed by atoms with E-state index in [0.29, 0.717) is 25.7 Å². The van der Waals surface area contributed by atoms with Crippen LogP contribution in [0.3, 0.4) is 0 Å². The lowest BCUT2D eigenvalue weighted by Crippen LogP contribution is -2.55. The fourth-order valence-corrected chi connectivity index (χ4v) is 4.94. The summed E-state index contributed by atoms with van der Waals surface area (Å²) in [4.78, 5) is 29.3. The molecular weight excluding hydrogens is 493 g/mol. The molecule has 11 heteroatoms. The van der Waals surface area contributed by atoms with Crippen LogP contribution in [0.2, 0.25) is 0 Å². The summed E-state index contributed by atoms with van der Waals surface area (Å²) in [5.41, 5.74) is -1.84. The molecule has 1 N–H and O–H groups in total. The third kappa shape index (κ3) is 7.66. The van der Waals surface area contributed by atoms with Crippen LogP contribution >= 0.6 is 0 Å². The highest BCUT2D eigenvalue weighted by atomic mass is 19.4. The van der Waals surface area contributed by atoms with Crippen molar-refractivity contribution in [1.82, 2.24) is 9.80 Å². The van der Waals surface area contributed by atoms with Gasteiger partial charge in [0.25, 0.3) is 0 Å². The molecule has 2 fully saturated rings. The van der Waals surface area contributed by atoms with Gasteiger partial charge in [-0.15, -0.1) is 13.2 Å². The highest BCUT2D eigenvalue weighted by Crippen LogP contribution is 2.44. The lowest BCUT2D eigenvalue weighted by atomic mass is 9.72. The Morgan fingerprint density at radius 1 is 1.00 bits per heavy atom. The number of rotatable bonds is 6. The number of amides is 2. The van der Waals surface area contributed by atoms with E-state index >= 15 is 0 Å². The molecule has 1 aliphatic carbocycles. The Balaban J connectivity index is 1.88. The van der Waals surface area contributed by atoms with Crippen molar-refractivity contribution in [3.8, 4) is 11.5 Å². The predicted molar refractivity (Wildman–Crippen MR) is 129 cm³/mol. The molecule has 1 saturated carbocycles. The Bertz CT molecular complexity index is 949. The number of halogens is 3. The van der Waals surface area contributed by atoms with Crippen molar-refractivity contribution in [2.24, 2.45) is 0 Å². The van der Waals surface area contributed by atoms with Crippen LogP contribution < -0.4 is 9.47 Å². The van der Waals surface area contributed by atoms with Gasteiger partial charge in [-0.2, -0.15) is 0 Å². The molecular formula is C26H37F3N2O6. The number of piperazine rings is 1. The summed E-state index contributed by atoms with van der Waals surface area (Å²) in [6.07, 6.45) is -2.41. The lowest BCUT2D eigenvalue weighted by molar-refractivity contribution is -0.275. The Morgan fingerprint density at radius 3 is 2.14 bits per heavy atom. The van der Waals surface area contributed by atoms with Crippen molar-refractivity contribution in [3.05, 3.63) is 23.8 Å². The van der Waals surface area contributed by atoms with Crippen LogP contribution in [-0.4, -0.2) is 77.3 Å². The third-order valence-electron chi connectivity index (χ3n) is 6.57. The van der Waals surface area contributed by atoms with Crippen LogP contribution in [0, 0.1) is 0 Å². The number of hydrogen-bond donors (Lipinski definition) is 1. The minimum atomic E-state index is -4.95. The number of hydrogen-bond acceptors (Lipinski definition) is 6. The fourth-order valence-electron chi connectivity index (χ4n) is 4.94. The molecule has 1 aliphatic heterocycles. The van der Waals surface area contributed by atoms with Gasteiger partial charge in [-0.05, 0) is 58.2 Å². The second kappa shape index (κ2) is 11.4. The van der Waals surface area contributed by atoms with Crippen LogP contribution in [0.5, 0.6) is 11.5 Å². The van der Waals surface area contributed by atoms with Gasteiger partial charge in [0, 0.05) is 26.2 Å². The number of nitrogens with zero attached hydrogens (tertiary/aromatic N) is 2. The Morgan fingerprint density at radius 2 is 1.59 bits per heavy atom. The van der Waals surface area contributed by atoms with E-state index in [-0.39, 0.29) is 44.1 Å². The molecule has 0 bridgehead atoms. The number of benzene rings is 1. The highest BCUT2D eigenvalue weighted by molar-refractivity contribution is 5.86. The molecule has 1 unspecified atom stereocenters. The van der Waals surface area contributed by atoms with Crippen molar-refractivity contribution < 1.29 is 42.1 Å². The maximum atomic E-state index is 13.9. The molecule has 37 heavy (non-hydrogen) atoms. The number of carbonyl (C=O) groups is 2. The van der Waals surface area contributed by atoms with E-state index in [1.807, 2.05) is 0 Å². The normalized spacial score (nSPS) is 19.2. The summed E-state index contributed by atoms with van der Waals surface area (Å²) in [6, 6.07) is 4.00.